The van der Waals surface area contributed by atoms with Gasteiger partial charge in [0.15, 0.2) is 8.32 Å². The maximum atomic E-state index is 11.5. The minimum atomic E-state index is -1.75. The Labute approximate surface area is 136 Å². The predicted molar refractivity (Wildman–Crippen MR) is 91.3 cm³/mol. The first kappa shape index (κ1) is 19.4. The standard InChI is InChI=1S/C13H24ClIO3Si/c1-7-17-12(16)11(15)10(14)8-9-18-19(5,6)13(2,3)4/h7-9H2,1-6H3/b11-10-. The fourth-order valence-corrected chi connectivity index (χ4v) is 2.65. The van der Waals surface area contributed by atoms with Crippen LogP contribution in [-0.2, 0) is 14.0 Å². The van der Waals surface area contributed by atoms with Gasteiger partial charge in [0.25, 0.3) is 0 Å². The van der Waals surface area contributed by atoms with Crippen LogP contribution < -0.4 is 0 Å². The zero-order valence-corrected chi connectivity index (χ0v) is 16.5. The Kier molecular flexibility index (Phi) is 8.17. The fourth-order valence-electron chi connectivity index (χ4n) is 1.03. The van der Waals surface area contributed by atoms with Crippen molar-refractivity contribution in [3.63, 3.8) is 0 Å². The van der Waals surface area contributed by atoms with Crippen molar-refractivity contribution in [1.82, 2.24) is 0 Å². The Balaban J connectivity index is 4.43. The molecule has 19 heavy (non-hydrogen) atoms. The Morgan fingerprint density at radius 3 is 2.26 bits per heavy atom. The average Bonchev–Trinajstić information content (AvgIpc) is 2.26. The van der Waals surface area contributed by atoms with Crippen LogP contribution in [0.5, 0.6) is 0 Å². The lowest BCUT2D eigenvalue weighted by Crippen LogP contribution is -2.41. The molecule has 0 saturated heterocycles. The summed E-state index contributed by atoms with van der Waals surface area (Å²) in [5.74, 6) is -0.361. The number of carbonyl (C=O) groups is 1. The van der Waals surface area contributed by atoms with E-state index in [1.807, 2.05) is 22.6 Å². The summed E-state index contributed by atoms with van der Waals surface area (Å²) >= 11 is 8.03. The normalized spacial score (nSPS) is 14.1. The summed E-state index contributed by atoms with van der Waals surface area (Å²) in [6.45, 7) is 13.6. The number of rotatable bonds is 6. The number of hydrogen-bond acceptors (Lipinski definition) is 3. The van der Waals surface area contributed by atoms with Crippen LogP contribution in [0.4, 0.5) is 0 Å². The lowest BCUT2D eigenvalue weighted by molar-refractivity contribution is -0.137. The minimum Gasteiger partial charge on any atom is -0.462 e. The highest BCUT2D eigenvalue weighted by atomic mass is 127. The van der Waals surface area contributed by atoms with Crippen LogP contribution >= 0.6 is 34.2 Å². The molecule has 0 rings (SSSR count). The Morgan fingerprint density at radius 1 is 1.32 bits per heavy atom. The number of carbonyl (C=O) groups excluding carboxylic acids is 1. The quantitative estimate of drug-likeness (QED) is 0.268. The van der Waals surface area contributed by atoms with Crippen molar-refractivity contribution < 1.29 is 14.0 Å². The van der Waals surface area contributed by atoms with Crippen molar-refractivity contribution >= 4 is 48.5 Å². The lowest BCUT2D eigenvalue weighted by Gasteiger charge is -2.36. The van der Waals surface area contributed by atoms with Crippen LogP contribution in [0.15, 0.2) is 8.61 Å². The molecular formula is C13H24ClIO3Si. The average molecular weight is 419 g/mol. The van der Waals surface area contributed by atoms with Gasteiger partial charge in [-0.25, -0.2) is 4.79 Å². The van der Waals surface area contributed by atoms with Crippen molar-refractivity contribution in [2.75, 3.05) is 13.2 Å². The fraction of sp³-hybridized carbons (Fsp3) is 0.769. The van der Waals surface area contributed by atoms with Gasteiger partial charge in [-0.2, -0.15) is 0 Å². The second kappa shape index (κ2) is 8.00. The molecule has 0 fully saturated rings. The Bertz CT molecular complexity index is 348. The second-order valence-electron chi connectivity index (χ2n) is 5.80. The molecule has 0 atom stereocenters. The van der Waals surface area contributed by atoms with Crippen LogP contribution in [0, 0.1) is 0 Å². The molecule has 0 N–H and O–H groups in total. The minimum absolute atomic E-state index is 0.178. The van der Waals surface area contributed by atoms with E-state index in [0.717, 1.165) is 0 Å². The highest BCUT2D eigenvalue weighted by molar-refractivity contribution is 14.1. The molecule has 0 aromatic rings. The van der Waals surface area contributed by atoms with Gasteiger partial charge in [-0.3, -0.25) is 0 Å². The SMILES string of the molecule is CCOC(=O)/C(I)=C(/Cl)CCO[Si](C)(C)C(C)(C)C. The van der Waals surface area contributed by atoms with E-state index in [9.17, 15) is 4.79 Å². The van der Waals surface area contributed by atoms with E-state index in [-0.39, 0.29) is 11.0 Å². The monoisotopic (exact) mass is 418 g/mol. The molecule has 0 aliphatic carbocycles. The first-order valence-electron chi connectivity index (χ1n) is 6.38. The molecule has 6 heteroatoms. The van der Waals surface area contributed by atoms with Crippen molar-refractivity contribution in [2.24, 2.45) is 0 Å². The van der Waals surface area contributed by atoms with Crippen molar-refractivity contribution in [2.45, 2.75) is 52.2 Å². The summed E-state index contributed by atoms with van der Waals surface area (Å²) in [5, 5.41) is 0.690. The molecule has 112 valence electrons. The topological polar surface area (TPSA) is 35.5 Å². The molecule has 3 nitrogen and oxygen atoms in total. The van der Waals surface area contributed by atoms with Gasteiger partial charge in [0.1, 0.15) is 3.58 Å². The van der Waals surface area contributed by atoms with Crippen LogP contribution in [0.2, 0.25) is 18.1 Å². The maximum absolute atomic E-state index is 11.5. The summed E-state index contributed by atoms with van der Waals surface area (Å²) in [7, 11) is -1.75. The molecule has 0 aliphatic rings. The molecule has 0 unspecified atom stereocenters. The first-order chi connectivity index (χ1) is 8.53. The van der Waals surface area contributed by atoms with E-state index in [1.165, 1.54) is 0 Å². The molecule has 0 aliphatic heterocycles. The van der Waals surface area contributed by atoms with Crippen LogP contribution in [0.3, 0.4) is 0 Å². The molecular weight excluding hydrogens is 395 g/mol. The van der Waals surface area contributed by atoms with Gasteiger partial charge in [-0.05, 0) is 47.6 Å². The Hall–Kier alpha value is 0.407. The van der Waals surface area contributed by atoms with Gasteiger partial charge < -0.3 is 9.16 Å². The van der Waals surface area contributed by atoms with E-state index in [2.05, 4.69) is 33.9 Å². The third-order valence-corrected chi connectivity index (χ3v) is 9.61. The zero-order valence-electron chi connectivity index (χ0n) is 12.6. The smallest absolute Gasteiger partial charge is 0.345 e. The molecule has 0 amide bonds. The Morgan fingerprint density at radius 2 is 1.84 bits per heavy atom. The number of halogens is 2. The summed E-state index contributed by atoms with van der Waals surface area (Å²) < 4.78 is 11.4. The highest BCUT2D eigenvalue weighted by Crippen LogP contribution is 2.36. The molecule has 0 bridgehead atoms. The van der Waals surface area contributed by atoms with Crippen LogP contribution in [0.1, 0.15) is 34.1 Å². The molecule has 0 aromatic carbocycles. The summed E-state index contributed by atoms with van der Waals surface area (Å²) in [6.07, 6.45) is 0.547. The summed E-state index contributed by atoms with van der Waals surface area (Å²) in [5.41, 5.74) is 0. The van der Waals surface area contributed by atoms with Gasteiger partial charge >= 0.3 is 5.97 Å². The highest BCUT2D eigenvalue weighted by Gasteiger charge is 2.36. The van der Waals surface area contributed by atoms with Gasteiger partial charge in [0.05, 0.1) is 6.61 Å². The van der Waals surface area contributed by atoms with E-state index in [4.69, 9.17) is 20.8 Å². The summed E-state index contributed by atoms with van der Waals surface area (Å²) in [6, 6.07) is 0. The summed E-state index contributed by atoms with van der Waals surface area (Å²) in [4.78, 5) is 11.5. The van der Waals surface area contributed by atoms with Gasteiger partial charge in [-0.15, -0.1) is 0 Å². The molecule has 0 aromatic heterocycles. The third kappa shape index (κ3) is 6.60. The van der Waals surface area contributed by atoms with E-state index < -0.39 is 8.32 Å². The van der Waals surface area contributed by atoms with Crippen LogP contribution in [0.25, 0.3) is 0 Å². The van der Waals surface area contributed by atoms with Crippen molar-refractivity contribution in [1.29, 1.82) is 0 Å². The molecule has 0 spiro atoms. The van der Waals surface area contributed by atoms with Crippen molar-refractivity contribution in [3.05, 3.63) is 8.61 Å². The van der Waals surface area contributed by atoms with Gasteiger partial charge in [0, 0.05) is 18.1 Å². The first-order valence-corrected chi connectivity index (χ1v) is 10.7. The number of hydrogen-bond donors (Lipinski definition) is 0. The zero-order chi connectivity index (χ0) is 15.3. The van der Waals surface area contributed by atoms with Crippen LogP contribution in [-0.4, -0.2) is 27.5 Å². The third-order valence-electron chi connectivity index (χ3n) is 3.28. The number of esters is 1. The van der Waals surface area contributed by atoms with Gasteiger partial charge in [-0.1, -0.05) is 32.4 Å². The largest absolute Gasteiger partial charge is 0.462 e. The number of ether oxygens (including phenoxy) is 1. The molecule has 0 saturated carbocycles. The maximum Gasteiger partial charge on any atom is 0.345 e. The van der Waals surface area contributed by atoms with Crippen molar-refractivity contribution in [3.8, 4) is 0 Å². The molecule has 0 radical (unpaired) electrons. The van der Waals surface area contributed by atoms with E-state index >= 15 is 0 Å². The molecule has 0 heterocycles. The second-order valence-corrected chi connectivity index (χ2v) is 12.1. The van der Waals surface area contributed by atoms with Gasteiger partial charge in [0.2, 0.25) is 0 Å². The lowest BCUT2D eigenvalue weighted by atomic mass is 10.2. The van der Waals surface area contributed by atoms with E-state index in [0.29, 0.717) is 28.2 Å². The predicted octanol–water partition coefficient (Wildman–Crippen LogP) is 4.85. The van der Waals surface area contributed by atoms with E-state index in [1.54, 1.807) is 6.92 Å².